The number of nitrogens with one attached hydrogen (secondary N) is 1. The number of benzene rings is 1. The lowest BCUT2D eigenvalue weighted by Crippen LogP contribution is -2.47. The molecule has 2 atom stereocenters. The number of amides is 2. The second kappa shape index (κ2) is 8.24. The minimum atomic E-state index is -0.0978. The van der Waals surface area contributed by atoms with E-state index in [2.05, 4.69) is 23.1 Å². The largest absolute Gasteiger partial charge is 0.479 e. The number of para-hydroxylation sites is 2. The number of rotatable bonds is 4. The molecule has 25 heavy (non-hydrogen) atoms. The molecule has 0 radical (unpaired) electrons. The summed E-state index contributed by atoms with van der Waals surface area (Å²) in [4.78, 5) is 17.0. The summed E-state index contributed by atoms with van der Waals surface area (Å²) >= 11 is 0. The Morgan fingerprint density at radius 1 is 1.36 bits per heavy atom. The van der Waals surface area contributed by atoms with Crippen LogP contribution in [-0.4, -0.2) is 67.9 Å². The van der Waals surface area contributed by atoms with Gasteiger partial charge in [0.05, 0.1) is 18.9 Å². The van der Waals surface area contributed by atoms with Crippen LogP contribution in [0.4, 0.5) is 10.5 Å². The molecule has 134 valence electrons. The maximum absolute atomic E-state index is 12.7. The summed E-state index contributed by atoms with van der Waals surface area (Å²) in [5.41, 5.74) is 0.644. The van der Waals surface area contributed by atoms with Crippen molar-refractivity contribution >= 4 is 11.7 Å². The van der Waals surface area contributed by atoms with Crippen molar-refractivity contribution in [1.82, 2.24) is 9.80 Å². The van der Waals surface area contributed by atoms with E-state index in [0.717, 1.165) is 39.4 Å². The van der Waals surface area contributed by atoms with Crippen molar-refractivity contribution < 1.29 is 14.3 Å². The molecule has 6 heteroatoms. The molecule has 1 N–H and O–H groups in total. The molecule has 0 bridgehead atoms. The highest BCUT2D eigenvalue weighted by Gasteiger charge is 2.36. The van der Waals surface area contributed by atoms with Crippen molar-refractivity contribution in [3.8, 4) is 18.1 Å². The van der Waals surface area contributed by atoms with Gasteiger partial charge in [0.1, 0.15) is 12.4 Å². The summed E-state index contributed by atoms with van der Waals surface area (Å²) in [5.74, 6) is 3.47. The van der Waals surface area contributed by atoms with Crippen LogP contribution in [0.3, 0.4) is 0 Å². The van der Waals surface area contributed by atoms with E-state index in [1.165, 1.54) is 0 Å². The van der Waals surface area contributed by atoms with E-state index >= 15 is 0 Å². The maximum Gasteiger partial charge on any atom is 0.322 e. The number of nitrogens with zero attached hydrogens (tertiary/aromatic N) is 2. The lowest BCUT2D eigenvalue weighted by atomic mass is 10.0. The summed E-state index contributed by atoms with van der Waals surface area (Å²) in [5, 5.41) is 2.96. The van der Waals surface area contributed by atoms with Gasteiger partial charge in [-0.05, 0) is 18.1 Å². The fraction of sp³-hybridized carbons (Fsp3) is 0.526. The second-order valence-electron chi connectivity index (χ2n) is 6.52. The zero-order chi connectivity index (χ0) is 17.6. The number of likely N-dealkylation sites (tertiary alicyclic amines) is 1. The van der Waals surface area contributed by atoms with E-state index in [-0.39, 0.29) is 12.6 Å². The predicted octanol–water partition coefficient (Wildman–Crippen LogP) is 1.88. The molecule has 0 spiro atoms. The molecule has 2 amide bonds. The van der Waals surface area contributed by atoms with E-state index in [4.69, 9.17) is 15.9 Å². The molecule has 2 aliphatic rings. The third-order valence-electron chi connectivity index (χ3n) is 4.81. The van der Waals surface area contributed by atoms with Gasteiger partial charge in [-0.15, -0.1) is 6.42 Å². The summed E-state index contributed by atoms with van der Waals surface area (Å²) in [6.07, 6.45) is 5.24. The van der Waals surface area contributed by atoms with Gasteiger partial charge in [-0.3, -0.25) is 4.90 Å². The quantitative estimate of drug-likeness (QED) is 0.848. The maximum atomic E-state index is 12.7. The Morgan fingerprint density at radius 3 is 2.88 bits per heavy atom. The number of urea groups is 1. The Kier molecular flexibility index (Phi) is 5.79. The number of carbonyl (C=O) groups is 1. The zero-order valence-corrected chi connectivity index (χ0v) is 14.6. The molecule has 2 heterocycles. The van der Waals surface area contributed by atoms with Crippen LogP contribution in [0.25, 0.3) is 0 Å². The van der Waals surface area contributed by atoms with Crippen LogP contribution in [-0.2, 0) is 4.74 Å². The lowest BCUT2D eigenvalue weighted by molar-refractivity contribution is 0.0123. The number of morpholine rings is 1. The average molecular weight is 343 g/mol. The van der Waals surface area contributed by atoms with Crippen LogP contribution in [0, 0.1) is 18.3 Å². The molecule has 1 aromatic carbocycles. The van der Waals surface area contributed by atoms with Gasteiger partial charge in [0.2, 0.25) is 0 Å². The van der Waals surface area contributed by atoms with Crippen LogP contribution in [0.1, 0.15) is 6.92 Å². The van der Waals surface area contributed by atoms with E-state index in [1.807, 2.05) is 23.1 Å². The first-order valence-corrected chi connectivity index (χ1v) is 8.72. The third kappa shape index (κ3) is 4.25. The highest BCUT2D eigenvalue weighted by atomic mass is 16.5. The van der Waals surface area contributed by atoms with Crippen molar-refractivity contribution in [2.24, 2.45) is 5.92 Å². The first kappa shape index (κ1) is 17.6. The molecule has 0 saturated carbocycles. The first-order valence-electron chi connectivity index (χ1n) is 8.72. The Labute approximate surface area is 149 Å². The number of ether oxygens (including phenoxy) is 2. The third-order valence-corrected chi connectivity index (χ3v) is 4.81. The minimum absolute atomic E-state index is 0.0978. The van der Waals surface area contributed by atoms with E-state index in [9.17, 15) is 4.79 Å². The average Bonchev–Trinajstić information content (AvgIpc) is 3.03. The van der Waals surface area contributed by atoms with Crippen molar-refractivity contribution in [1.29, 1.82) is 0 Å². The fourth-order valence-corrected chi connectivity index (χ4v) is 3.51. The number of terminal acetylenes is 1. The molecule has 2 aliphatic heterocycles. The molecule has 1 aromatic rings. The first-order chi connectivity index (χ1) is 12.2. The van der Waals surface area contributed by atoms with Gasteiger partial charge in [0.15, 0.2) is 0 Å². The molecule has 2 fully saturated rings. The Morgan fingerprint density at radius 2 is 2.12 bits per heavy atom. The molecule has 0 unspecified atom stereocenters. The highest BCUT2D eigenvalue weighted by molar-refractivity contribution is 5.91. The Hall–Kier alpha value is -2.23. The van der Waals surface area contributed by atoms with Gasteiger partial charge < -0.3 is 19.7 Å². The monoisotopic (exact) mass is 343 g/mol. The molecule has 0 aromatic heterocycles. The van der Waals surface area contributed by atoms with Crippen LogP contribution < -0.4 is 10.1 Å². The van der Waals surface area contributed by atoms with E-state index in [1.54, 1.807) is 6.07 Å². The highest BCUT2D eigenvalue weighted by Crippen LogP contribution is 2.26. The topological polar surface area (TPSA) is 54.0 Å². The summed E-state index contributed by atoms with van der Waals surface area (Å²) < 4.78 is 10.9. The van der Waals surface area contributed by atoms with Gasteiger partial charge in [-0.1, -0.05) is 25.0 Å². The minimum Gasteiger partial charge on any atom is -0.479 e. The molecule has 2 saturated heterocycles. The lowest BCUT2D eigenvalue weighted by Gasteiger charge is -2.33. The Bertz CT molecular complexity index is 637. The number of hydrogen-bond donors (Lipinski definition) is 1. The smallest absolute Gasteiger partial charge is 0.322 e. The van der Waals surface area contributed by atoms with Gasteiger partial charge in [0.25, 0.3) is 0 Å². The predicted molar refractivity (Wildman–Crippen MR) is 96.7 cm³/mol. The molecular weight excluding hydrogens is 318 g/mol. The molecule has 0 aliphatic carbocycles. The SMILES string of the molecule is C#CCOc1ccccc1NC(=O)N1C[C@@H](C)[C@H](N2CCOCC2)C1. The Balaban J connectivity index is 1.61. The van der Waals surface area contributed by atoms with Crippen LogP contribution in [0.15, 0.2) is 24.3 Å². The summed E-state index contributed by atoms with van der Waals surface area (Å²) in [7, 11) is 0. The van der Waals surface area contributed by atoms with E-state index in [0.29, 0.717) is 23.4 Å². The van der Waals surface area contributed by atoms with E-state index < -0.39 is 0 Å². The molecule has 6 nitrogen and oxygen atoms in total. The van der Waals surface area contributed by atoms with Crippen LogP contribution >= 0.6 is 0 Å². The van der Waals surface area contributed by atoms with Crippen molar-refractivity contribution in [3.05, 3.63) is 24.3 Å². The van der Waals surface area contributed by atoms with Crippen LogP contribution in [0.2, 0.25) is 0 Å². The van der Waals surface area contributed by atoms with Crippen molar-refractivity contribution in [3.63, 3.8) is 0 Å². The summed E-state index contributed by atoms with van der Waals surface area (Å²) in [6, 6.07) is 7.63. The van der Waals surface area contributed by atoms with Crippen LogP contribution in [0.5, 0.6) is 5.75 Å². The van der Waals surface area contributed by atoms with Gasteiger partial charge >= 0.3 is 6.03 Å². The van der Waals surface area contributed by atoms with Gasteiger partial charge in [-0.2, -0.15) is 0 Å². The standard InChI is InChI=1S/C19H25N3O3/c1-3-10-25-18-7-5-4-6-16(18)20-19(23)22-13-15(2)17(14-22)21-8-11-24-12-9-21/h1,4-7,15,17H,8-14H2,2H3,(H,20,23)/t15-,17-/m1/s1. The number of carbonyl (C=O) groups excluding carboxylic acids is 1. The second-order valence-corrected chi connectivity index (χ2v) is 6.52. The molecule has 3 rings (SSSR count). The molecular formula is C19H25N3O3. The van der Waals surface area contributed by atoms with Gasteiger partial charge in [-0.25, -0.2) is 4.79 Å². The van der Waals surface area contributed by atoms with Gasteiger partial charge in [0, 0.05) is 32.2 Å². The van der Waals surface area contributed by atoms with Crippen molar-refractivity contribution in [2.75, 3.05) is 51.3 Å². The fourth-order valence-electron chi connectivity index (χ4n) is 3.51. The number of hydrogen-bond acceptors (Lipinski definition) is 4. The zero-order valence-electron chi connectivity index (χ0n) is 14.6. The van der Waals surface area contributed by atoms with Crippen molar-refractivity contribution in [2.45, 2.75) is 13.0 Å². The normalized spacial score (nSPS) is 23.9. The summed E-state index contributed by atoms with van der Waals surface area (Å²) in [6.45, 7) is 7.29. The number of anilines is 1.